The van der Waals surface area contributed by atoms with Crippen molar-refractivity contribution in [2.24, 2.45) is 0 Å². The summed E-state index contributed by atoms with van der Waals surface area (Å²) in [7, 11) is -8.11. The Hall–Kier alpha value is 1.66. The molecular weight excluding hydrogens is 319 g/mol. The molecule has 0 fully saturated rings. The average Bonchev–Trinajstić information content (AvgIpc) is 1.81. The van der Waals surface area contributed by atoms with Crippen LogP contribution in [0.3, 0.4) is 0 Å². The molecule has 0 saturated carbocycles. The SMILES string of the molecule is O=S(=O)([O-])CCCl.O=S(=O)([O-])CCCl.[Ca+2]. The summed E-state index contributed by atoms with van der Waals surface area (Å²) in [4.78, 5) is 0. The third-order valence-electron chi connectivity index (χ3n) is 0.654. The molecule has 0 aromatic carbocycles. The Morgan fingerprint density at radius 1 is 0.800 bits per heavy atom. The van der Waals surface area contributed by atoms with Crippen LogP contribution in [0.15, 0.2) is 0 Å². The van der Waals surface area contributed by atoms with Gasteiger partial charge in [-0.2, -0.15) is 0 Å². The molecular formula is C4H8CaCl2O6S2. The van der Waals surface area contributed by atoms with Crippen molar-refractivity contribution in [2.45, 2.75) is 0 Å². The van der Waals surface area contributed by atoms with Crippen molar-refractivity contribution < 1.29 is 25.9 Å². The van der Waals surface area contributed by atoms with E-state index in [0.29, 0.717) is 0 Å². The fourth-order valence-corrected chi connectivity index (χ4v) is 1.70. The molecule has 0 aromatic rings. The first-order valence-electron chi connectivity index (χ1n) is 3.11. The van der Waals surface area contributed by atoms with Crippen LogP contribution in [-0.4, -0.2) is 86.9 Å². The van der Waals surface area contributed by atoms with Crippen LogP contribution < -0.4 is 0 Å². The molecule has 0 bridgehead atoms. The summed E-state index contributed by atoms with van der Waals surface area (Å²) in [5, 5.41) is 0. The van der Waals surface area contributed by atoms with Crippen LogP contribution in [0.25, 0.3) is 0 Å². The van der Waals surface area contributed by atoms with E-state index in [0.717, 1.165) is 0 Å². The van der Waals surface area contributed by atoms with E-state index in [1.165, 1.54) is 0 Å². The van der Waals surface area contributed by atoms with Crippen molar-refractivity contribution in [3.05, 3.63) is 0 Å². The molecule has 88 valence electrons. The van der Waals surface area contributed by atoms with Gasteiger partial charge >= 0.3 is 37.7 Å². The Morgan fingerprint density at radius 3 is 1.00 bits per heavy atom. The quantitative estimate of drug-likeness (QED) is 0.378. The van der Waals surface area contributed by atoms with Crippen molar-refractivity contribution in [1.82, 2.24) is 0 Å². The summed E-state index contributed by atoms with van der Waals surface area (Å²) < 4.78 is 57.5. The third kappa shape index (κ3) is 31.3. The van der Waals surface area contributed by atoms with Gasteiger partial charge in [-0.3, -0.25) is 0 Å². The standard InChI is InChI=1S/2C2H5ClO3S.Ca/c2*3-1-2-7(4,5)6;/h2*1-2H2,(H,4,5,6);/q;;+2/p-2. The maximum atomic E-state index is 9.59. The average molecular weight is 327 g/mol. The van der Waals surface area contributed by atoms with Crippen LogP contribution in [-0.2, 0) is 20.2 Å². The Bertz CT molecular complexity index is 291. The molecule has 0 rings (SSSR count). The third-order valence-corrected chi connectivity index (χ3v) is 2.89. The first kappa shape index (κ1) is 21.9. The molecule has 15 heavy (non-hydrogen) atoms. The molecule has 11 heteroatoms. The van der Waals surface area contributed by atoms with Crippen molar-refractivity contribution in [2.75, 3.05) is 23.3 Å². The van der Waals surface area contributed by atoms with Crippen LogP contribution >= 0.6 is 23.2 Å². The second kappa shape index (κ2) is 10.8. The molecule has 0 aromatic heterocycles. The molecule has 0 aliphatic rings. The number of halogens is 2. The molecule has 0 atom stereocenters. The Labute approximate surface area is 129 Å². The predicted molar refractivity (Wildman–Crippen MR) is 56.3 cm³/mol. The molecule has 0 aliphatic carbocycles. The minimum Gasteiger partial charge on any atom is -0.748 e. The van der Waals surface area contributed by atoms with Crippen LogP contribution in [0.5, 0.6) is 0 Å². The second-order valence-electron chi connectivity index (χ2n) is 1.90. The number of rotatable bonds is 4. The van der Waals surface area contributed by atoms with Gasteiger partial charge in [-0.05, 0) is 0 Å². The van der Waals surface area contributed by atoms with Gasteiger partial charge in [0, 0.05) is 11.8 Å². The maximum absolute atomic E-state index is 9.59. The number of hydrogen-bond donors (Lipinski definition) is 0. The van der Waals surface area contributed by atoms with Gasteiger partial charge in [-0.25, -0.2) is 16.8 Å². The summed E-state index contributed by atoms with van der Waals surface area (Å²) >= 11 is 9.81. The Morgan fingerprint density at radius 2 is 1.00 bits per heavy atom. The van der Waals surface area contributed by atoms with Crippen LogP contribution in [0.2, 0.25) is 0 Å². The summed E-state index contributed by atoms with van der Waals surface area (Å²) in [6, 6.07) is 0. The van der Waals surface area contributed by atoms with E-state index < -0.39 is 31.7 Å². The van der Waals surface area contributed by atoms with E-state index >= 15 is 0 Å². The van der Waals surface area contributed by atoms with Gasteiger partial charge in [0.2, 0.25) is 0 Å². The molecule has 0 spiro atoms. The van der Waals surface area contributed by atoms with Crippen molar-refractivity contribution >= 4 is 81.2 Å². The number of hydrogen-bond acceptors (Lipinski definition) is 6. The molecule has 0 radical (unpaired) electrons. The van der Waals surface area contributed by atoms with E-state index in [-0.39, 0.29) is 49.5 Å². The van der Waals surface area contributed by atoms with Crippen molar-refractivity contribution in [3.8, 4) is 0 Å². The van der Waals surface area contributed by atoms with Crippen molar-refractivity contribution in [1.29, 1.82) is 0 Å². The van der Waals surface area contributed by atoms with Gasteiger partial charge in [-0.15, -0.1) is 23.2 Å². The zero-order chi connectivity index (χ0) is 11.8. The predicted octanol–water partition coefficient (Wildman–Crippen LogP) is -0.840. The molecule has 0 amide bonds. The summed E-state index contributed by atoms with van der Waals surface area (Å²) in [5.74, 6) is -1.19. The summed E-state index contributed by atoms with van der Waals surface area (Å²) in [6.45, 7) is 0. The largest absolute Gasteiger partial charge is 2.00 e. The second-order valence-corrected chi connectivity index (χ2v) is 5.70. The van der Waals surface area contributed by atoms with Crippen LogP contribution in [0.1, 0.15) is 0 Å². The van der Waals surface area contributed by atoms with Crippen molar-refractivity contribution in [3.63, 3.8) is 0 Å². The minimum absolute atomic E-state index is 0. The Kier molecular flexibility index (Phi) is 15.8. The fraction of sp³-hybridized carbons (Fsp3) is 1.00. The summed E-state index contributed by atoms with van der Waals surface area (Å²) in [5.41, 5.74) is 0. The first-order valence-corrected chi connectivity index (χ1v) is 7.34. The van der Waals surface area contributed by atoms with Gasteiger partial charge in [0.15, 0.2) is 0 Å². The molecule has 0 heterocycles. The zero-order valence-corrected chi connectivity index (χ0v) is 12.9. The topological polar surface area (TPSA) is 114 Å². The van der Waals surface area contributed by atoms with Gasteiger partial charge in [0.25, 0.3) is 0 Å². The molecule has 0 saturated heterocycles. The Balaban J connectivity index is -0.000000180. The van der Waals surface area contributed by atoms with Crippen LogP contribution in [0, 0.1) is 0 Å². The summed E-state index contributed by atoms with van der Waals surface area (Å²) in [6.07, 6.45) is 0. The van der Waals surface area contributed by atoms with Gasteiger partial charge in [0.1, 0.15) is 0 Å². The normalized spacial score (nSPS) is 10.9. The number of alkyl halides is 2. The zero-order valence-electron chi connectivity index (χ0n) is 7.56. The van der Waals surface area contributed by atoms with Gasteiger partial charge in [-0.1, -0.05) is 0 Å². The van der Waals surface area contributed by atoms with E-state index in [2.05, 4.69) is 0 Å². The first-order chi connectivity index (χ1) is 6.12. The molecule has 0 N–H and O–H groups in total. The smallest absolute Gasteiger partial charge is 0.748 e. The van der Waals surface area contributed by atoms with E-state index in [4.69, 9.17) is 23.2 Å². The molecule has 6 nitrogen and oxygen atoms in total. The molecule has 0 unspecified atom stereocenters. The monoisotopic (exact) mass is 326 g/mol. The van der Waals surface area contributed by atoms with Gasteiger partial charge < -0.3 is 9.11 Å². The minimum atomic E-state index is -4.06. The van der Waals surface area contributed by atoms with Gasteiger partial charge in [0.05, 0.1) is 31.7 Å². The van der Waals surface area contributed by atoms with Crippen LogP contribution in [0.4, 0.5) is 0 Å². The fourth-order valence-electron chi connectivity index (χ4n) is 0.189. The van der Waals surface area contributed by atoms with E-state index in [9.17, 15) is 25.9 Å². The van der Waals surface area contributed by atoms with E-state index in [1.807, 2.05) is 0 Å². The van der Waals surface area contributed by atoms with E-state index in [1.54, 1.807) is 0 Å². The maximum Gasteiger partial charge on any atom is 2.00 e. The molecule has 0 aliphatic heterocycles.